The molecule has 22 heavy (non-hydrogen) atoms. The maximum Gasteiger partial charge on any atom is 0.225 e. The van der Waals surface area contributed by atoms with Crippen LogP contribution < -0.4 is 10.7 Å². The van der Waals surface area contributed by atoms with Crippen LogP contribution in [0.1, 0.15) is 24.0 Å². The summed E-state index contributed by atoms with van der Waals surface area (Å²) >= 11 is 0. The number of hydrogen-bond acceptors (Lipinski definition) is 4. The summed E-state index contributed by atoms with van der Waals surface area (Å²) in [6.45, 7) is 2.07. The number of carbonyl (C=O) groups is 1. The molecule has 3 aliphatic rings. The molecule has 0 radical (unpaired) electrons. The molecular formula is C17H18N4O. The molecule has 0 spiro atoms. The fraction of sp³-hybridized carbons (Fsp3) is 0.294. The van der Waals surface area contributed by atoms with Crippen molar-refractivity contribution in [3.63, 3.8) is 0 Å². The molecule has 1 aromatic rings. The first-order chi connectivity index (χ1) is 10.7. The quantitative estimate of drug-likeness (QED) is 0.895. The first-order valence-electron chi connectivity index (χ1n) is 7.60. The molecule has 1 atom stereocenters. The first-order valence-corrected chi connectivity index (χ1v) is 7.60. The molecule has 1 unspecified atom stereocenters. The minimum Gasteiger partial charge on any atom is -0.320 e. The molecule has 0 bridgehead atoms. The van der Waals surface area contributed by atoms with Gasteiger partial charge < -0.3 is 5.32 Å². The molecule has 5 nitrogen and oxygen atoms in total. The molecule has 5 heteroatoms. The van der Waals surface area contributed by atoms with E-state index in [0.717, 1.165) is 29.8 Å². The highest BCUT2D eigenvalue weighted by atomic mass is 16.2. The van der Waals surface area contributed by atoms with Crippen molar-refractivity contribution >= 4 is 17.3 Å². The molecule has 1 aromatic carbocycles. The second-order valence-electron chi connectivity index (χ2n) is 5.93. The van der Waals surface area contributed by atoms with E-state index in [1.807, 2.05) is 23.4 Å². The third-order valence-electron chi connectivity index (χ3n) is 4.07. The average Bonchev–Trinajstić information content (AvgIpc) is 3.28. The number of rotatable bonds is 3. The highest BCUT2D eigenvalue weighted by molar-refractivity contribution is 6.24. The van der Waals surface area contributed by atoms with Gasteiger partial charge in [0.25, 0.3) is 0 Å². The number of fused-ring (bicyclic) bond motifs is 1. The molecule has 1 amide bonds. The molecular weight excluding hydrogens is 276 g/mol. The molecule has 1 aliphatic carbocycles. The predicted octanol–water partition coefficient (Wildman–Crippen LogP) is 1.93. The predicted molar refractivity (Wildman–Crippen MR) is 85.4 cm³/mol. The van der Waals surface area contributed by atoms with E-state index in [4.69, 9.17) is 0 Å². The van der Waals surface area contributed by atoms with E-state index in [9.17, 15) is 4.79 Å². The van der Waals surface area contributed by atoms with Crippen molar-refractivity contribution in [2.45, 2.75) is 26.1 Å². The van der Waals surface area contributed by atoms with Crippen molar-refractivity contribution in [2.24, 2.45) is 10.9 Å². The topological polar surface area (TPSA) is 56.7 Å². The summed E-state index contributed by atoms with van der Waals surface area (Å²) in [5, 5.41) is 4.81. The van der Waals surface area contributed by atoms with Gasteiger partial charge in [-0.3, -0.25) is 9.80 Å². The third kappa shape index (κ3) is 2.44. The van der Waals surface area contributed by atoms with Crippen LogP contribution in [-0.2, 0) is 4.79 Å². The Hall–Kier alpha value is -2.40. The molecule has 2 aliphatic heterocycles. The number of carbonyl (C=O) groups excluding carboxylic acids is 1. The normalized spacial score (nSPS) is 23.0. The lowest BCUT2D eigenvalue weighted by atomic mass is 10.0. The van der Waals surface area contributed by atoms with Gasteiger partial charge in [-0.15, -0.1) is 0 Å². The van der Waals surface area contributed by atoms with Crippen LogP contribution in [0.3, 0.4) is 0 Å². The van der Waals surface area contributed by atoms with Crippen LogP contribution >= 0.6 is 0 Å². The summed E-state index contributed by atoms with van der Waals surface area (Å²) in [6, 6.07) is 8.37. The van der Waals surface area contributed by atoms with Gasteiger partial charge in [0.15, 0.2) is 12.1 Å². The van der Waals surface area contributed by atoms with Crippen LogP contribution in [0.4, 0.5) is 0 Å². The average molecular weight is 294 g/mol. The highest BCUT2D eigenvalue weighted by Crippen LogP contribution is 2.29. The summed E-state index contributed by atoms with van der Waals surface area (Å²) in [6.07, 6.45) is 7.54. The number of aryl methyl sites for hydroxylation is 1. The zero-order valence-electron chi connectivity index (χ0n) is 12.4. The summed E-state index contributed by atoms with van der Waals surface area (Å²) in [7, 11) is 0. The number of hydrazine groups is 1. The van der Waals surface area contributed by atoms with E-state index in [2.05, 4.69) is 46.9 Å². The maximum atomic E-state index is 11.9. The Balaban J connectivity index is 1.57. The summed E-state index contributed by atoms with van der Waals surface area (Å²) < 4.78 is 0. The zero-order valence-corrected chi connectivity index (χ0v) is 12.4. The van der Waals surface area contributed by atoms with E-state index in [1.54, 1.807) is 0 Å². The minimum absolute atomic E-state index is 0.0894. The van der Waals surface area contributed by atoms with Crippen LogP contribution in [0.25, 0.3) is 5.57 Å². The van der Waals surface area contributed by atoms with E-state index in [0.29, 0.717) is 0 Å². The van der Waals surface area contributed by atoms with E-state index >= 15 is 0 Å². The fourth-order valence-corrected chi connectivity index (χ4v) is 2.64. The Kier molecular flexibility index (Phi) is 3.08. The van der Waals surface area contributed by atoms with Gasteiger partial charge >= 0.3 is 0 Å². The number of benzene rings is 1. The van der Waals surface area contributed by atoms with E-state index < -0.39 is 0 Å². The van der Waals surface area contributed by atoms with Crippen LogP contribution in [-0.4, -0.2) is 23.0 Å². The Labute approximate surface area is 129 Å². The molecule has 2 heterocycles. The SMILES string of the molecule is Cc1ccc(C2=CC=CN3NC(NC(=O)C4CC4)N=C23)cc1. The van der Waals surface area contributed by atoms with Crippen molar-refractivity contribution in [2.75, 3.05) is 0 Å². The second kappa shape index (κ2) is 5.10. The third-order valence-corrected chi connectivity index (χ3v) is 4.07. The number of nitrogens with one attached hydrogen (secondary N) is 2. The van der Waals surface area contributed by atoms with Crippen LogP contribution in [0.2, 0.25) is 0 Å². The van der Waals surface area contributed by atoms with Crippen molar-refractivity contribution in [1.82, 2.24) is 15.8 Å². The van der Waals surface area contributed by atoms with Crippen molar-refractivity contribution in [3.8, 4) is 0 Å². The number of hydrogen-bond donors (Lipinski definition) is 2. The minimum atomic E-state index is -0.389. The van der Waals surface area contributed by atoms with Gasteiger partial charge in [-0.05, 0) is 37.5 Å². The zero-order chi connectivity index (χ0) is 15.1. The van der Waals surface area contributed by atoms with Crippen molar-refractivity contribution in [3.05, 3.63) is 53.7 Å². The van der Waals surface area contributed by atoms with Gasteiger partial charge in [-0.25, -0.2) is 4.99 Å². The summed E-state index contributed by atoms with van der Waals surface area (Å²) in [5.41, 5.74) is 6.59. The Morgan fingerprint density at radius 2 is 2.09 bits per heavy atom. The van der Waals surface area contributed by atoms with Gasteiger partial charge in [-0.2, -0.15) is 5.43 Å². The number of aliphatic imine (C=N–C) groups is 1. The molecule has 112 valence electrons. The lowest BCUT2D eigenvalue weighted by Crippen LogP contribution is -2.46. The Bertz CT molecular complexity index is 698. The van der Waals surface area contributed by atoms with Gasteiger partial charge in [0, 0.05) is 17.7 Å². The standard InChI is InChI=1S/C17H18N4O/c1-11-4-6-12(7-5-11)14-3-2-10-21-15(14)18-17(20-21)19-16(22)13-8-9-13/h2-7,10,13,17,20H,8-9H2,1H3,(H,19,22). The lowest BCUT2D eigenvalue weighted by Gasteiger charge is -2.21. The van der Waals surface area contributed by atoms with Gasteiger partial charge in [0.2, 0.25) is 5.91 Å². The van der Waals surface area contributed by atoms with Crippen molar-refractivity contribution in [1.29, 1.82) is 0 Å². The van der Waals surface area contributed by atoms with Crippen LogP contribution in [0.5, 0.6) is 0 Å². The monoisotopic (exact) mass is 294 g/mol. The molecule has 0 aromatic heterocycles. The molecule has 2 N–H and O–H groups in total. The van der Waals surface area contributed by atoms with Crippen molar-refractivity contribution < 1.29 is 4.79 Å². The van der Waals surface area contributed by atoms with E-state index in [1.165, 1.54) is 5.56 Å². The second-order valence-corrected chi connectivity index (χ2v) is 5.93. The lowest BCUT2D eigenvalue weighted by molar-refractivity contribution is -0.123. The number of amides is 1. The summed E-state index contributed by atoms with van der Waals surface area (Å²) in [4.78, 5) is 16.5. The van der Waals surface area contributed by atoms with Crippen LogP contribution in [0, 0.1) is 12.8 Å². The highest BCUT2D eigenvalue weighted by Gasteiger charge is 2.34. The Morgan fingerprint density at radius 3 is 2.82 bits per heavy atom. The Morgan fingerprint density at radius 1 is 1.32 bits per heavy atom. The molecule has 0 saturated heterocycles. The smallest absolute Gasteiger partial charge is 0.225 e. The number of nitrogens with zero attached hydrogens (tertiary/aromatic N) is 2. The summed E-state index contributed by atoms with van der Waals surface area (Å²) in [5.74, 6) is 1.11. The van der Waals surface area contributed by atoms with Crippen LogP contribution in [0.15, 0.2) is 47.6 Å². The number of allylic oxidation sites excluding steroid dienone is 2. The largest absolute Gasteiger partial charge is 0.320 e. The fourth-order valence-electron chi connectivity index (χ4n) is 2.64. The molecule has 1 fully saturated rings. The molecule has 4 rings (SSSR count). The molecule has 1 saturated carbocycles. The van der Waals surface area contributed by atoms with E-state index in [-0.39, 0.29) is 18.1 Å². The first kappa shape index (κ1) is 13.3. The van der Waals surface area contributed by atoms with Gasteiger partial charge in [0.1, 0.15) is 0 Å². The maximum absolute atomic E-state index is 11.9. The van der Waals surface area contributed by atoms with Gasteiger partial charge in [-0.1, -0.05) is 29.8 Å². The van der Waals surface area contributed by atoms with Gasteiger partial charge in [0.05, 0.1) is 0 Å². The number of amidine groups is 1.